The highest BCUT2D eigenvalue weighted by Gasteiger charge is 2.17. The zero-order valence-corrected chi connectivity index (χ0v) is 16.3. The Bertz CT molecular complexity index is 1110. The Hall–Kier alpha value is -3.32. The Morgan fingerprint density at radius 2 is 1.61 bits per heavy atom. The summed E-state index contributed by atoms with van der Waals surface area (Å²) in [5, 5.41) is 2.73. The van der Waals surface area contributed by atoms with Gasteiger partial charge in [0.15, 0.2) is 0 Å². The van der Waals surface area contributed by atoms with E-state index in [1.54, 1.807) is 48.5 Å². The summed E-state index contributed by atoms with van der Waals surface area (Å²) in [6, 6.07) is 19.8. The Morgan fingerprint density at radius 3 is 2.36 bits per heavy atom. The van der Waals surface area contributed by atoms with Gasteiger partial charge < -0.3 is 10.1 Å². The number of methoxy groups -OCH3 is 1. The molecule has 0 saturated carbocycles. The van der Waals surface area contributed by atoms with E-state index in [1.807, 2.05) is 13.0 Å². The predicted molar refractivity (Wildman–Crippen MR) is 109 cm³/mol. The molecule has 0 aliphatic carbocycles. The van der Waals surface area contributed by atoms with Gasteiger partial charge in [-0.2, -0.15) is 0 Å². The fourth-order valence-corrected chi connectivity index (χ4v) is 3.73. The molecule has 0 fully saturated rings. The molecule has 0 bridgehead atoms. The first-order valence-electron chi connectivity index (χ1n) is 8.52. The molecule has 0 aliphatic heterocycles. The number of benzene rings is 3. The number of amides is 1. The maximum Gasteiger partial charge on any atom is 0.261 e. The molecule has 6 nitrogen and oxygen atoms in total. The second kappa shape index (κ2) is 8.14. The zero-order chi connectivity index (χ0) is 20.1. The first kappa shape index (κ1) is 19.4. The van der Waals surface area contributed by atoms with Crippen LogP contribution in [0.4, 0.5) is 11.4 Å². The number of rotatable bonds is 6. The number of hydrogen-bond donors (Lipinski definition) is 2. The van der Waals surface area contributed by atoms with Crippen molar-refractivity contribution in [1.82, 2.24) is 0 Å². The molecular formula is C21H20N2O4S. The van der Waals surface area contributed by atoms with Gasteiger partial charge in [-0.1, -0.05) is 24.3 Å². The van der Waals surface area contributed by atoms with Gasteiger partial charge in [0.1, 0.15) is 5.75 Å². The summed E-state index contributed by atoms with van der Waals surface area (Å²) in [5.41, 5.74) is 2.18. The lowest BCUT2D eigenvalue weighted by molar-refractivity contribution is 0.102. The molecule has 0 unspecified atom stereocenters. The summed E-state index contributed by atoms with van der Waals surface area (Å²) in [5.74, 6) is 0.192. The second-order valence-electron chi connectivity index (χ2n) is 6.19. The Morgan fingerprint density at radius 1 is 0.893 bits per heavy atom. The second-order valence-corrected chi connectivity index (χ2v) is 7.87. The Balaban J connectivity index is 1.81. The van der Waals surface area contributed by atoms with Crippen LogP contribution in [0.5, 0.6) is 5.75 Å². The maximum atomic E-state index is 12.7. The lowest BCUT2D eigenvalue weighted by Crippen LogP contribution is -2.16. The molecule has 0 atom stereocenters. The van der Waals surface area contributed by atoms with Gasteiger partial charge in [-0.05, 0) is 55.0 Å². The summed E-state index contributed by atoms with van der Waals surface area (Å²) in [6.45, 7) is 1.88. The minimum atomic E-state index is -3.82. The summed E-state index contributed by atoms with van der Waals surface area (Å²) >= 11 is 0. The van der Waals surface area contributed by atoms with Crippen LogP contribution in [0.15, 0.2) is 77.7 Å². The standard InChI is InChI=1S/C21H20N2O4S/c1-15-6-3-9-18(12-15)23-28(25,26)20-11-4-7-16(13-20)21(24)22-17-8-5-10-19(14-17)27-2/h3-14,23H,1-2H3,(H,22,24). The van der Waals surface area contributed by atoms with E-state index in [9.17, 15) is 13.2 Å². The molecule has 0 aromatic heterocycles. The first-order chi connectivity index (χ1) is 13.4. The normalized spacial score (nSPS) is 10.9. The fourth-order valence-electron chi connectivity index (χ4n) is 2.63. The van der Waals surface area contributed by atoms with E-state index in [4.69, 9.17) is 4.74 Å². The van der Waals surface area contributed by atoms with Crippen LogP contribution in [0.25, 0.3) is 0 Å². The van der Waals surface area contributed by atoms with Crippen LogP contribution >= 0.6 is 0 Å². The quantitative estimate of drug-likeness (QED) is 0.658. The van der Waals surface area contributed by atoms with E-state index in [2.05, 4.69) is 10.0 Å². The van der Waals surface area contributed by atoms with Crippen LogP contribution in [0.1, 0.15) is 15.9 Å². The summed E-state index contributed by atoms with van der Waals surface area (Å²) in [7, 11) is -2.28. The van der Waals surface area contributed by atoms with E-state index >= 15 is 0 Å². The maximum absolute atomic E-state index is 12.7. The van der Waals surface area contributed by atoms with Gasteiger partial charge in [0.25, 0.3) is 15.9 Å². The Kier molecular flexibility index (Phi) is 5.65. The van der Waals surface area contributed by atoms with Crippen molar-refractivity contribution in [1.29, 1.82) is 0 Å². The highest BCUT2D eigenvalue weighted by atomic mass is 32.2. The summed E-state index contributed by atoms with van der Waals surface area (Å²) in [6.07, 6.45) is 0. The molecule has 0 saturated heterocycles. The van der Waals surface area contributed by atoms with Gasteiger partial charge >= 0.3 is 0 Å². The van der Waals surface area contributed by atoms with Gasteiger partial charge in [0, 0.05) is 23.0 Å². The molecule has 0 aliphatic rings. The number of hydrogen-bond acceptors (Lipinski definition) is 4. The van der Waals surface area contributed by atoms with Crippen molar-refractivity contribution in [3.05, 3.63) is 83.9 Å². The SMILES string of the molecule is COc1cccc(NC(=O)c2cccc(S(=O)(=O)Nc3cccc(C)c3)c2)c1. The van der Waals surface area contributed by atoms with E-state index in [0.29, 0.717) is 17.1 Å². The zero-order valence-electron chi connectivity index (χ0n) is 15.5. The molecule has 2 N–H and O–H groups in total. The molecule has 0 radical (unpaired) electrons. The topological polar surface area (TPSA) is 84.5 Å². The lowest BCUT2D eigenvalue weighted by atomic mass is 10.2. The van der Waals surface area contributed by atoms with Crippen LogP contribution in [-0.2, 0) is 10.0 Å². The van der Waals surface area contributed by atoms with Crippen LogP contribution in [-0.4, -0.2) is 21.4 Å². The van der Waals surface area contributed by atoms with Crippen molar-refractivity contribution >= 4 is 27.3 Å². The molecule has 3 aromatic rings. The molecule has 144 valence electrons. The number of carbonyl (C=O) groups is 1. The number of sulfonamides is 1. The van der Waals surface area contributed by atoms with Gasteiger partial charge in [0.2, 0.25) is 0 Å². The average Bonchev–Trinajstić information content (AvgIpc) is 2.68. The van der Waals surface area contributed by atoms with Crippen LogP contribution in [0, 0.1) is 6.92 Å². The minimum Gasteiger partial charge on any atom is -0.497 e. The largest absolute Gasteiger partial charge is 0.497 e. The minimum absolute atomic E-state index is 0.00676. The van der Waals surface area contributed by atoms with Crippen LogP contribution in [0.2, 0.25) is 0 Å². The third-order valence-electron chi connectivity index (χ3n) is 4.00. The molecule has 28 heavy (non-hydrogen) atoms. The van der Waals surface area contributed by atoms with Crippen molar-refractivity contribution in [3.8, 4) is 5.75 Å². The highest BCUT2D eigenvalue weighted by molar-refractivity contribution is 7.92. The first-order valence-corrected chi connectivity index (χ1v) is 10.0. The number of aryl methyl sites for hydroxylation is 1. The predicted octanol–water partition coefficient (Wildman–Crippen LogP) is 4.06. The van der Waals surface area contributed by atoms with Crippen molar-refractivity contribution in [2.24, 2.45) is 0 Å². The molecule has 3 rings (SSSR count). The average molecular weight is 396 g/mol. The molecule has 3 aromatic carbocycles. The van der Waals surface area contributed by atoms with Crippen molar-refractivity contribution in [2.75, 3.05) is 17.1 Å². The molecule has 1 amide bonds. The van der Waals surface area contributed by atoms with E-state index in [1.165, 1.54) is 25.3 Å². The third kappa shape index (κ3) is 4.69. The smallest absolute Gasteiger partial charge is 0.261 e. The van der Waals surface area contributed by atoms with Gasteiger partial charge in [-0.3, -0.25) is 9.52 Å². The van der Waals surface area contributed by atoms with Crippen molar-refractivity contribution < 1.29 is 17.9 Å². The van der Waals surface area contributed by atoms with Crippen molar-refractivity contribution in [3.63, 3.8) is 0 Å². The number of nitrogens with one attached hydrogen (secondary N) is 2. The monoisotopic (exact) mass is 396 g/mol. The summed E-state index contributed by atoms with van der Waals surface area (Å²) in [4.78, 5) is 12.5. The van der Waals surface area contributed by atoms with Crippen molar-refractivity contribution in [2.45, 2.75) is 11.8 Å². The number of ether oxygens (including phenoxy) is 1. The van der Waals surface area contributed by atoms with Crippen LogP contribution in [0.3, 0.4) is 0 Å². The third-order valence-corrected chi connectivity index (χ3v) is 5.38. The van der Waals surface area contributed by atoms with E-state index < -0.39 is 15.9 Å². The fraction of sp³-hybridized carbons (Fsp3) is 0.0952. The van der Waals surface area contributed by atoms with Gasteiger partial charge in [0.05, 0.1) is 12.0 Å². The van der Waals surface area contributed by atoms with Gasteiger partial charge in [-0.25, -0.2) is 8.42 Å². The molecule has 0 heterocycles. The molecule has 0 spiro atoms. The number of carbonyl (C=O) groups excluding carboxylic acids is 1. The van der Waals surface area contributed by atoms with Crippen LogP contribution < -0.4 is 14.8 Å². The Labute approximate surface area is 164 Å². The van der Waals surface area contributed by atoms with E-state index in [0.717, 1.165) is 5.56 Å². The highest BCUT2D eigenvalue weighted by Crippen LogP contribution is 2.20. The number of anilines is 2. The lowest BCUT2D eigenvalue weighted by Gasteiger charge is -2.11. The summed E-state index contributed by atoms with van der Waals surface area (Å²) < 4.78 is 33.0. The van der Waals surface area contributed by atoms with Gasteiger partial charge in [-0.15, -0.1) is 0 Å². The van der Waals surface area contributed by atoms with E-state index in [-0.39, 0.29) is 10.5 Å². The molecule has 7 heteroatoms. The molecular weight excluding hydrogens is 376 g/mol.